The van der Waals surface area contributed by atoms with Gasteiger partial charge in [0.1, 0.15) is 18.0 Å². The zero-order valence-electron chi connectivity index (χ0n) is 26.6. The van der Waals surface area contributed by atoms with Crippen molar-refractivity contribution >= 4 is 17.5 Å². The second-order valence-electron chi connectivity index (χ2n) is 14.1. The molecular weight excluding hydrogens is 617 g/mol. The van der Waals surface area contributed by atoms with Crippen molar-refractivity contribution in [2.75, 3.05) is 29.9 Å². The summed E-state index contributed by atoms with van der Waals surface area (Å²) in [6.45, 7) is 2.42. The fourth-order valence-corrected chi connectivity index (χ4v) is 7.40. The lowest BCUT2D eigenvalue weighted by atomic mass is 9.98. The summed E-state index contributed by atoms with van der Waals surface area (Å²) in [6.07, 6.45) is 2.71. The number of hydrogen-bond donors (Lipinski definition) is 1. The van der Waals surface area contributed by atoms with E-state index in [1.54, 1.807) is 18.5 Å². The standard InChI is InChI=1S/C36H35F3N8O/c1-45-22-42-44-32(45)26-5-3-2-4-25(26)24-16-30(41-20-34(6-7-34)10-12-40)43-31(17-24)47-19-28-27(33(47)48)14-23(15-29(28)36(37,38)39)18-46-13-11-35(21-46)8-9-35/h2-5,14-17,22H,6-11,13,18-21H2,1H3,(H,41,43). The molecule has 2 aliphatic carbocycles. The van der Waals surface area contributed by atoms with Gasteiger partial charge >= 0.3 is 6.18 Å². The molecule has 0 atom stereocenters. The van der Waals surface area contributed by atoms with Crippen molar-refractivity contribution in [3.05, 3.63) is 77.1 Å². The van der Waals surface area contributed by atoms with Gasteiger partial charge in [-0.05, 0) is 90.6 Å². The highest BCUT2D eigenvalue weighted by molar-refractivity contribution is 6.10. The number of carbonyl (C=O) groups excluding carboxylic acids is 1. The van der Waals surface area contributed by atoms with Crippen LogP contribution in [0.2, 0.25) is 0 Å². The molecule has 0 bridgehead atoms. The summed E-state index contributed by atoms with van der Waals surface area (Å²) in [5.41, 5.74) is 2.33. The monoisotopic (exact) mass is 652 g/mol. The van der Waals surface area contributed by atoms with Gasteiger partial charge in [0.25, 0.3) is 5.91 Å². The number of benzene rings is 2. The predicted molar refractivity (Wildman–Crippen MR) is 174 cm³/mol. The van der Waals surface area contributed by atoms with E-state index in [4.69, 9.17) is 4.98 Å². The number of aryl methyl sites for hydroxylation is 1. The molecule has 0 unspecified atom stereocenters. The van der Waals surface area contributed by atoms with Crippen molar-refractivity contribution in [1.82, 2.24) is 24.6 Å². The number of pyridine rings is 1. The Labute approximate surface area is 276 Å². The number of nitrogens with one attached hydrogen (secondary N) is 1. The number of aromatic nitrogens is 4. The van der Waals surface area contributed by atoms with Gasteiger partial charge in [-0.25, -0.2) is 4.98 Å². The number of hydrogen-bond acceptors (Lipinski definition) is 7. The Morgan fingerprint density at radius 3 is 2.48 bits per heavy atom. The van der Waals surface area contributed by atoms with Gasteiger partial charge in [-0.2, -0.15) is 18.4 Å². The molecule has 1 N–H and O–H groups in total. The van der Waals surface area contributed by atoms with Gasteiger partial charge in [-0.15, -0.1) is 10.2 Å². The maximum absolute atomic E-state index is 14.6. The first kappa shape index (κ1) is 30.6. The number of nitriles is 1. The first-order valence-corrected chi connectivity index (χ1v) is 16.4. The lowest BCUT2D eigenvalue weighted by Gasteiger charge is -2.20. The fourth-order valence-electron chi connectivity index (χ4n) is 7.40. The normalized spacial score (nSPS) is 19.1. The van der Waals surface area contributed by atoms with Gasteiger partial charge in [-0.1, -0.05) is 24.3 Å². The maximum atomic E-state index is 14.6. The minimum Gasteiger partial charge on any atom is -0.369 e. The van der Waals surface area contributed by atoms with Crippen LogP contribution in [0.4, 0.5) is 24.8 Å². The van der Waals surface area contributed by atoms with E-state index in [2.05, 4.69) is 26.5 Å². The van der Waals surface area contributed by atoms with E-state index in [9.17, 15) is 23.2 Å². The molecule has 3 fully saturated rings. The van der Waals surface area contributed by atoms with Crippen molar-refractivity contribution in [3.8, 4) is 28.6 Å². The second-order valence-corrected chi connectivity index (χ2v) is 14.1. The van der Waals surface area contributed by atoms with E-state index >= 15 is 0 Å². The largest absolute Gasteiger partial charge is 0.416 e. The molecule has 1 amide bonds. The van der Waals surface area contributed by atoms with Crippen LogP contribution >= 0.6 is 0 Å². The summed E-state index contributed by atoms with van der Waals surface area (Å²) in [5.74, 6) is 0.863. The Hall–Kier alpha value is -4.76. The second kappa shape index (κ2) is 11.2. The van der Waals surface area contributed by atoms with Crippen LogP contribution in [-0.2, 0) is 26.3 Å². The van der Waals surface area contributed by atoms with Gasteiger partial charge in [0.15, 0.2) is 5.82 Å². The molecule has 2 aromatic carbocycles. The van der Waals surface area contributed by atoms with Gasteiger partial charge in [0, 0.05) is 49.6 Å². The van der Waals surface area contributed by atoms with Crippen molar-refractivity contribution < 1.29 is 18.0 Å². The molecule has 0 radical (unpaired) electrons. The summed E-state index contributed by atoms with van der Waals surface area (Å²) in [7, 11) is 1.85. The molecule has 2 saturated carbocycles. The van der Waals surface area contributed by atoms with Crippen LogP contribution in [0.1, 0.15) is 65.6 Å². The van der Waals surface area contributed by atoms with Crippen LogP contribution < -0.4 is 10.2 Å². The van der Waals surface area contributed by atoms with E-state index in [1.807, 2.05) is 41.9 Å². The van der Waals surface area contributed by atoms with Crippen molar-refractivity contribution in [3.63, 3.8) is 0 Å². The Morgan fingerprint density at radius 2 is 1.81 bits per heavy atom. The SMILES string of the molecule is Cn1cnnc1-c1ccccc1-c1cc(NCC2(CC#N)CC2)nc(N2Cc3c(cc(CN4CCC5(CC5)C4)cc3C(F)(F)F)C2=O)c1. The maximum Gasteiger partial charge on any atom is 0.416 e. The van der Waals surface area contributed by atoms with Gasteiger partial charge in [0.05, 0.1) is 18.2 Å². The number of alkyl halides is 3. The van der Waals surface area contributed by atoms with Gasteiger partial charge in [-0.3, -0.25) is 14.6 Å². The summed E-state index contributed by atoms with van der Waals surface area (Å²) in [4.78, 5) is 22.4. The quantitative estimate of drug-likeness (QED) is 0.212. The smallest absolute Gasteiger partial charge is 0.369 e. The molecule has 1 saturated heterocycles. The third-order valence-electron chi connectivity index (χ3n) is 10.6. The van der Waals surface area contributed by atoms with E-state index in [-0.39, 0.29) is 28.9 Å². The topological polar surface area (TPSA) is 103 Å². The molecule has 8 rings (SSSR count). The van der Waals surface area contributed by atoms with Crippen LogP contribution in [0.3, 0.4) is 0 Å². The molecular formula is C36H35F3N8O. The zero-order chi connectivity index (χ0) is 33.3. The van der Waals surface area contributed by atoms with Gasteiger partial charge < -0.3 is 9.88 Å². The first-order valence-electron chi connectivity index (χ1n) is 16.4. The summed E-state index contributed by atoms with van der Waals surface area (Å²) in [5, 5.41) is 21.1. The number of amides is 1. The molecule has 12 heteroatoms. The molecule has 2 aromatic heterocycles. The van der Waals surface area contributed by atoms with E-state index < -0.39 is 17.6 Å². The van der Waals surface area contributed by atoms with Crippen molar-refractivity contribution in [1.29, 1.82) is 5.26 Å². The third-order valence-corrected chi connectivity index (χ3v) is 10.6. The highest BCUT2D eigenvalue weighted by Crippen LogP contribution is 2.53. The van der Waals surface area contributed by atoms with Crippen LogP contribution in [0, 0.1) is 22.2 Å². The molecule has 4 heterocycles. The predicted octanol–water partition coefficient (Wildman–Crippen LogP) is 6.81. The number of anilines is 2. The first-order chi connectivity index (χ1) is 23.1. The van der Waals surface area contributed by atoms with Gasteiger partial charge in [0.2, 0.25) is 0 Å². The van der Waals surface area contributed by atoms with E-state index in [1.165, 1.54) is 23.8 Å². The Kier molecular flexibility index (Phi) is 7.11. The number of fused-ring (bicyclic) bond motifs is 1. The average molecular weight is 653 g/mol. The highest BCUT2D eigenvalue weighted by atomic mass is 19.4. The lowest BCUT2D eigenvalue weighted by Crippen LogP contribution is -2.25. The van der Waals surface area contributed by atoms with Crippen LogP contribution in [-0.4, -0.2) is 50.2 Å². The molecule has 4 aromatic rings. The van der Waals surface area contributed by atoms with Crippen LogP contribution in [0.25, 0.3) is 22.5 Å². The molecule has 2 aliphatic heterocycles. The summed E-state index contributed by atoms with van der Waals surface area (Å²) < 4.78 is 45.5. The molecule has 48 heavy (non-hydrogen) atoms. The average Bonchev–Trinajstić information content (AvgIpc) is 3.87. The number of likely N-dealkylation sites (tertiary alicyclic amines) is 1. The minimum atomic E-state index is -4.62. The zero-order valence-corrected chi connectivity index (χ0v) is 26.6. The summed E-state index contributed by atoms with van der Waals surface area (Å²) >= 11 is 0. The number of rotatable bonds is 9. The molecule has 1 spiro atoms. The highest BCUT2D eigenvalue weighted by Gasteiger charge is 2.48. The fraction of sp³-hybridized carbons (Fsp3) is 0.417. The Bertz CT molecular complexity index is 1970. The Morgan fingerprint density at radius 1 is 1.02 bits per heavy atom. The summed E-state index contributed by atoms with van der Waals surface area (Å²) in [6, 6.07) is 16.4. The lowest BCUT2D eigenvalue weighted by molar-refractivity contribution is -0.138. The molecule has 246 valence electrons. The number of carbonyl (C=O) groups is 1. The minimum absolute atomic E-state index is 0.0246. The number of nitrogens with zero attached hydrogens (tertiary/aromatic N) is 7. The third kappa shape index (κ3) is 5.60. The Balaban J connectivity index is 1.17. The molecule has 4 aliphatic rings. The van der Waals surface area contributed by atoms with Crippen molar-refractivity contribution in [2.45, 2.75) is 57.8 Å². The van der Waals surface area contributed by atoms with E-state index in [0.29, 0.717) is 42.1 Å². The van der Waals surface area contributed by atoms with Crippen LogP contribution in [0.15, 0.2) is 54.9 Å². The van der Waals surface area contributed by atoms with E-state index in [0.717, 1.165) is 49.0 Å². The van der Waals surface area contributed by atoms with Crippen LogP contribution in [0.5, 0.6) is 0 Å². The number of halogens is 3. The molecule has 9 nitrogen and oxygen atoms in total. The van der Waals surface area contributed by atoms with Crippen molar-refractivity contribution in [2.24, 2.45) is 17.9 Å².